The summed E-state index contributed by atoms with van der Waals surface area (Å²) in [5.41, 5.74) is -10.5. The zero-order chi connectivity index (χ0) is 73.2. The predicted octanol–water partition coefficient (Wildman–Crippen LogP) is 9.03. The SMILES string of the molecule is CC(=O)O[C@H]1C(=O)[C@]2(C)[C@@H](OC(=O)NCCCN(CCCCN(CCCNC(=O)OC(C)(C)C)C(=O)OC(C)(C)C)C(=O)OC(C)(C)C)C[C@H]3OC[C@@]3(OC(C)=O)[C@H]2[C@H](OC(=O)c2ccccc2)[C@]2(O)C[C@H](OC(=O)[C@H](O)[C@@H](NC(=O)c3ccccc3)c3ccccc3)C(C)=C1C2(C)C. The Labute approximate surface area is 578 Å². The number of alkyl carbamates (subject to hydrolysis) is 2. The first-order chi connectivity index (χ1) is 46.2. The Morgan fingerprint density at radius 2 is 1.13 bits per heavy atom. The molecular formula is C73H99N5O21. The van der Waals surface area contributed by atoms with Crippen LogP contribution in [0.3, 0.4) is 0 Å². The Hall–Kier alpha value is -8.62. The number of esters is 4. The largest absolute Gasteiger partial charge is 0.456 e. The van der Waals surface area contributed by atoms with E-state index in [0.29, 0.717) is 24.8 Å². The molecule has 0 unspecified atom stereocenters. The molecule has 1 saturated heterocycles. The van der Waals surface area contributed by atoms with E-state index >= 15 is 4.79 Å². The molecular weight excluding hydrogens is 1280 g/mol. The minimum absolute atomic E-state index is 0.00987. The summed E-state index contributed by atoms with van der Waals surface area (Å²) < 4.78 is 54.6. The highest BCUT2D eigenvalue weighted by Gasteiger charge is 2.79. The molecule has 0 radical (unpaired) electrons. The van der Waals surface area contributed by atoms with E-state index in [0.717, 1.165) is 13.8 Å². The molecule has 26 heteroatoms. The van der Waals surface area contributed by atoms with Gasteiger partial charge in [-0.3, -0.25) is 19.2 Å². The van der Waals surface area contributed by atoms with Crippen LogP contribution in [0.1, 0.15) is 175 Å². The fraction of sp³-hybridized carbons (Fsp3) is 0.589. The highest BCUT2D eigenvalue weighted by molar-refractivity contribution is 5.96. The number of Topliss-reactive ketones (excluding diaryl/α,β-unsaturated/α-hetero) is 1. The van der Waals surface area contributed by atoms with Crippen molar-refractivity contribution in [1.82, 2.24) is 25.8 Å². The van der Waals surface area contributed by atoms with Crippen LogP contribution >= 0.6 is 0 Å². The second-order valence-corrected chi connectivity index (χ2v) is 29.4. The van der Waals surface area contributed by atoms with Crippen molar-refractivity contribution < 1.29 is 101 Å². The molecule has 542 valence electrons. The number of amides is 5. The Bertz CT molecular complexity index is 3440. The third kappa shape index (κ3) is 18.8. The van der Waals surface area contributed by atoms with Gasteiger partial charge in [-0.2, -0.15) is 0 Å². The molecule has 1 heterocycles. The van der Waals surface area contributed by atoms with Gasteiger partial charge in [-0.25, -0.2) is 28.8 Å². The molecule has 1 aliphatic heterocycles. The molecule has 5 amide bonds. The molecule has 4 aliphatic rings. The average molecular weight is 1380 g/mol. The lowest BCUT2D eigenvalue weighted by molar-refractivity contribution is -0.345. The second-order valence-electron chi connectivity index (χ2n) is 29.4. The summed E-state index contributed by atoms with van der Waals surface area (Å²) in [5, 5.41) is 34.5. The zero-order valence-corrected chi connectivity index (χ0v) is 59.5. The van der Waals surface area contributed by atoms with Crippen molar-refractivity contribution >= 4 is 59.9 Å². The maximum Gasteiger partial charge on any atom is 0.410 e. The van der Waals surface area contributed by atoms with Crippen molar-refractivity contribution in [2.24, 2.45) is 16.7 Å². The number of ketones is 1. The first kappa shape index (κ1) is 77.7. The number of aliphatic hydroxyl groups excluding tert-OH is 1. The Morgan fingerprint density at radius 1 is 0.636 bits per heavy atom. The van der Waals surface area contributed by atoms with Crippen LogP contribution < -0.4 is 16.0 Å². The van der Waals surface area contributed by atoms with Gasteiger partial charge >= 0.3 is 48.3 Å². The summed E-state index contributed by atoms with van der Waals surface area (Å²) in [5.74, 6) is -7.51. The van der Waals surface area contributed by atoms with Crippen molar-refractivity contribution in [2.45, 2.75) is 213 Å². The number of nitrogens with zero attached hydrogens (tertiary/aromatic N) is 2. The maximum atomic E-state index is 16.6. The van der Waals surface area contributed by atoms with Crippen LogP contribution in [0.25, 0.3) is 0 Å². The van der Waals surface area contributed by atoms with Crippen molar-refractivity contribution in [2.75, 3.05) is 45.9 Å². The number of ether oxygens (including phenoxy) is 9. The van der Waals surface area contributed by atoms with E-state index < -0.39 is 160 Å². The number of nitrogens with one attached hydrogen (secondary N) is 3. The van der Waals surface area contributed by atoms with Crippen LogP contribution in [0.5, 0.6) is 0 Å². The lowest BCUT2D eigenvalue weighted by atomic mass is 9.44. The molecule has 2 bridgehead atoms. The number of benzene rings is 3. The molecule has 0 aromatic heterocycles. The summed E-state index contributed by atoms with van der Waals surface area (Å²) in [6.07, 6.45) is -13.1. The van der Waals surface area contributed by atoms with Gasteiger partial charge in [0.1, 0.15) is 46.8 Å². The topological polar surface area (TPSA) is 337 Å². The monoisotopic (exact) mass is 1380 g/mol. The predicted molar refractivity (Wildman–Crippen MR) is 358 cm³/mol. The molecule has 99 heavy (non-hydrogen) atoms. The van der Waals surface area contributed by atoms with Crippen molar-refractivity contribution in [3.05, 3.63) is 119 Å². The van der Waals surface area contributed by atoms with Crippen LogP contribution in [0.2, 0.25) is 0 Å². The van der Waals surface area contributed by atoms with E-state index in [9.17, 15) is 53.4 Å². The van der Waals surface area contributed by atoms with Crippen LogP contribution in [0.15, 0.2) is 102 Å². The molecule has 0 spiro atoms. The molecule has 3 aromatic rings. The number of fused-ring (bicyclic) bond motifs is 5. The molecule has 5 N–H and O–H groups in total. The van der Waals surface area contributed by atoms with Crippen LogP contribution in [0, 0.1) is 16.7 Å². The first-order valence-corrected chi connectivity index (χ1v) is 33.6. The molecule has 3 aromatic carbocycles. The Balaban J connectivity index is 1.20. The van der Waals surface area contributed by atoms with Gasteiger partial charge in [-0.1, -0.05) is 80.6 Å². The number of aliphatic hydroxyl groups is 2. The van der Waals surface area contributed by atoms with E-state index in [2.05, 4.69) is 16.0 Å². The van der Waals surface area contributed by atoms with Crippen molar-refractivity contribution in [3.8, 4) is 0 Å². The second kappa shape index (κ2) is 31.7. The third-order valence-electron chi connectivity index (χ3n) is 18.3. The van der Waals surface area contributed by atoms with Gasteiger partial charge in [0, 0.05) is 76.9 Å². The Kier molecular flexibility index (Phi) is 24.9. The summed E-state index contributed by atoms with van der Waals surface area (Å²) in [7, 11) is 0. The summed E-state index contributed by atoms with van der Waals surface area (Å²) in [4.78, 5) is 144. The number of hydrogen-bond donors (Lipinski definition) is 5. The number of hydrogen-bond acceptors (Lipinski definition) is 21. The van der Waals surface area contributed by atoms with Gasteiger partial charge in [-0.05, 0) is 143 Å². The molecule has 7 rings (SSSR count). The highest BCUT2D eigenvalue weighted by Crippen LogP contribution is 2.65. The van der Waals surface area contributed by atoms with E-state index in [1.807, 2.05) is 0 Å². The minimum atomic E-state index is -2.56. The van der Waals surface area contributed by atoms with Crippen LogP contribution in [-0.4, -0.2) is 190 Å². The first-order valence-electron chi connectivity index (χ1n) is 33.6. The molecule has 2 saturated carbocycles. The molecule has 3 aliphatic carbocycles. The van der Waals surface area contributed by atoms with Gasteiger partial charge in [0.15, 0.2) is 23.6 Å². The highest BCUT2D eigenvalue weighted by atomic mass is 16.6. The van der Waals surface area contributed by atoms with E-state index in [-0.39, 0.29) is 74.4 Å². The zero-order valence-electron chi connectivity index (χ0n) is 59.5. The van der Waals surface area contributed by atoms with Crippen molar-refractivity contribution in [1.29, 1.82) is 0 Å². The number of unbranched alkanes of at least 4 members (excludes halogenated alkanes) is 1. The van der Waals surface area contributed by atoms with Crippen molar-refractivity contribution in [3.63, 3.8) is 0 Å². The quantitative estimate of drug-likeness (QED) is 0.0241. The summed E-state index contributed by atoms with van der Waals surface area (Å²) >= 11 is 0. The van der Waals surface area contributed by atoms with E-state index in [1.54, 1.807) is 141 Å². The van der Waals surface area contributed by atoms with Crippen LogP contribution in [0.4, 0.5) is 19.2 Å². The lowest BCUT2D eigenvalue weighted by Gasteiger charge is -2.67. The van der Waals surface area contributed by atoms with Gasteiger partial charge in [0.2, 0.25) is 0 Å². The summed E-state index contributed by atoms with van der Waals surface area (Å²) in [6.45, 7) is 24.2. The fourth-order valence-electron chi connectivity index (χ4n) is 13.6. The van der Waals surface area contributed by atoms with Gasteiger partial charge in [0.25, 0.3) is 5.91 Å². The Morgan fingerprint density at radius 3 is 1.62 bits per heavy atom. The smallest absolute Gasteiger partial charge is 0.410 e. The average Bonchev–Trinajstić information content (AvgIpc) is 0.668. The normalized spacial score (nSPS) is 24.5. The molecule has 11 atom stereocenters. The van der Waals surface area contributed by atoms with Gasteiger partial charge in [-0.15, -0.1) is 0 Å². The maximum absolute atomic E-state index is 16.6. The van der Waals surface area contributed by atoms with E-state index in [1.165, 1.54) is 49.6 Å². The minimum Gasteiger partial charge on any atom is -0.456 e. The standard InChI is InChI=1S/C73H99N5O21/c1-44-50(93-62(85)55(81)54(47-29-19-16-20-30-47)76-60(83)48-31-21-17-22-32-48)42-73(90)59(95-61(84)49-33-23-18-24-34-49)57-71(15,58(82)56(92-45(2)79)53(44)70(73,13)14)51(41-52-72(57,43-91-52)96-46(3)80)94-63(86)74-35-27-39-77(65(88)98-68(7,8)9)37-25-26-38-78(66(89)99-69(10,11)12)40-28-36-75-64(87)97-67(4,5)6/h16-24,29-34,50-52,54-57,59,81,90H,25-28,35-43H2,1-15H3,(H,74,86)(H,75,87)(H,76,83)/t50-,51-,52+,54-,55+,56+,57-,59-,71+,72-,73+/m0/s1. The summed E-state index contributed by atoms with van der Waals surface area (Å²) in [6, 6.07) is 22.5. The number of carbonyl (C=O) groups is 10. The molecule has 3 fully saturated rings. The van der Waals surface area contributed by atoms with Gasteiger partial charge < -0.3 is 78.6 Å². The number of carbonyl (C=O) groups excluding carboxylic acids is 10. The van der Waals surface area contributed by atoms with E-state index in [4.69, 9.17) is 42.6 Å². The number of rotatable bonds is 24. The van der Waals surface area contributed by atoms with Gasteiger partial charge in [0.05, 0.1) is 29.5 Å². The third-order valence-corrected chi connectivity index (χ3v) is 18.3. The van der Waals surface area contributed by atoms with Crippen LogP contribution in [-0.2, 0) is 61.8 Å². The lowest BCUT2D eigenvalue weighted by Crippen LogP contribution is -2.82. The fourth-order valence-corrected chi connectivity index (χ4v) is 13.6. The molecule has 26 nitrogen and oxygen atoms in total.